The molecule has 25 heavy (non-hydrogen) atoms. The third-order valence-electron chi connectivity index (χ3n) is 5.30. The van der Waals surface area contributed by atoms with Gasteiger partial charge < -0.3 is 9.64 Å². The summed E-state index contributed by atoms with van der Waals surface area (Å²) in [6.45, 7) is 8.24. The quantitative estimate of drug-likeness (QED) is 0.853. The van der Waals surface area contributed by atoms with E-state index in [1.165, 1.54) is 16.7 Å². The Bertz CT molecular complexity index is 745. The van der Waals surface area contributed by atoms with Gasteiger partial charge in [-0.2, -0.15) is 0 Å². The number of aryl methyl sites for hydroxylation is 1. The maximum Gasteiger partial charge on any atom is 0.419 e. The van der Waals surface area contributed by atoms with E-state index in [9.17, 15) is 4.79 Å². The number of aromatic nitrogens is 2. The maximum atomic E-state index is 12.7. The number of nitrogens with zero attached hydrogens (tertiary/aromatic N) is 3. The molecule has 5 nitrogen and oxygen atoms in total. The predicted octanol–water partition coefficient (Wildman–Crippen LogP) is 3.73. The molecular formula is C20H27N3O2. The minimum Gasteiger partial charge on any atom is -0.445 e. The number of hydrogen-bond acceptors (Lipinski definition) is 4. The average molecular weight is 341 g/mol. The van der Waals surface area contributed by atoms with Crippen LogP contribution in [0.4, 0.5) is 4.79 Å². The van der Waals surface area contributed by atoms with E-state index in [0.717, 1.165) is 31.8 Å². The molecule has 0 spiro atoms. The van der Waals surface area contributed by atoms with Gasteiger partial charge in [-0.1, -0.05) is 25.1 Å². The van der Waals surface area contributed by atoms with E-state index < -0.39 is 0 Å². The lowest BCUT2D eigenvalue weighted by atomic mass is 9.93. The number of imidazole rings is 1. The Morgan fingerprint density at radius 3 is 2.72 bits per heavy atom. The highest BCUT2D eigenvalue weighted by atomic mass is 16.6. The van der Waals surface area contributed by atoms with Gasteiger partial charge in [0.1, 0.15) is 11.9 Å². The molecule has 0 amide bonds. The molecule has 1 saturated heterocycles. The van der Waals surface area contributed by atoms with Crippen molar-refractivity contribution in [1.82, 2.24) is 14.5 Å². The summed E-state index contributed by atoms with van der Waals surface area (Å²) in [6, 6.07) is 6.26. The molecule has 1 atom stereocenters. The zero-order valence-electron chi connectivity index (χ0n) is 15.5. The summed E-state index contributed by atoms with van der Waals surface area (Å²) >= 11 is 0. The summed E-state index contributed by atoms with van der Waals surface area (Å²) < 4.78 is 7.28. The van der Waals surface area contributed by atoms with E-state index in [0.29, 0.717) is 0 Å². The van der Waals surface area contributed by atoms with Gasteiger partial charge in [0.2, 0.25) is 0 Å². The molecular weight excluding hydrogens is 314 g/mol. The summed E-state index contributed by atoms with van der Waals surface area (Å²) in [5, 5.41) is 0. The fourth-order valence-corrected chi connectivity index (χ4v) is 3.47. The van der Waals surface area contributed by atoms with Crippen LogP contribution < -0.4 is 0 Å². The van der Waals surface area contributed by atoms with Crippen molar-refractivity contribution in [3.63, 3.8) is 0 Å². The molecule has 0 aliphatic carbocycles. The van der Waals surface area contributed by atoms with Gasteiger partial charge in [-0.3, -0.25) is 0 Å². The summed E-state index contributed by atoms with van der Waals surface area (Å²) in [5.41, 5.74) is 3.68. The summed E-state index contributed by atoms with van der Waals surface area (Å²) in [5.74, 6) is 0.756. The van der Waals surface area contributed by atoms with E-state index in [-0.39, 0.29) is 18.1 Å². The fourth-order valence-electron chi connectivity index (χ4n) is 3.47. The zero-order chi connectivity index (χ0) is 18.0. The van der Waals surface area contributed by atoms with Crippen LogP contribution in [-0.4, -0.2) is 46.8 Å². The van der Waals surface area contributed by atoms with Gasteiger partial charge in [0.25, 0.3) is 0 Å². The highest BCUT2D eigenvalue weighted by Crippen LogP contribution is 2.27. The van der Waals surface area contributed by atoms with Crippen LogP contribution in [0.3, 0.4) is 0 Å². The standard InChI is InChI=1S/C20H27N3O2/c1-14-6-5-7-18(15(14)2)16(3)19-21-10-13-23(19)20(24)25-17-8-11-22(4)12-9-17/h5-7,10,13,16-17H,8-9,11-12H2,1-4H3/t16-/m0/s1. The van der Waals surface area contributed by atoms with Gasteiger partial charge in [0.15, 0.2) is 0 Å². The number of carbonyl (C=O) groups is 1. The molecule has 1 aromatic heterocycles. The Morgan fingerprint density at radius 1 is 1.28 bits per heavy atom. The highest BCUT2D eigenvalue weighted by molar-refractivity contribution is 5.71. The number of hydrogen-bond donors (Lipinski definition) is 0. The van der Waals surface area contributed by atoms with E-state index in [1.807, 2.05) is 0 Å². The minimum atomic E-state index is -0.320. The first kappa shape index (κ1) is 17.7. The topological polar surface area (TPSA) is 47.4 Å². The van der Waals surface area contributed by atoms with Gasteiger partial charge in [-0.15, -0.1) is 0 Å². The first-order valence-corrected chi connectivity index (χ1v) is 8.96. The normalized spacial score (nSPS) is 17.4. The first-order valence-electron chi connectivity index (χ1n) is 8.96. The van der Waals surface area contributed by atoms with Crippen molar-refractivity contribution < 1.29 is 9.53 Å². The van der Waals surface area contributed by atoms with Gasteiger partial charge in [-0.25, -0.2) is 14.3 Å². The average Bonchev–Trinajstić information content (AvgIpc) is 3.08. The maximum absolute atomic E-state index is 12.7. The molecule has 3 rings (SSSR count). The van der Waals surface area contributed by atoms with Crippen LogP contribution in [0.2, 0.25) is 0 Å². The molecule has 1 fully saturated rings. The molecule has 0 saturated carbocycles. The van der Waals surface area contributed by atoms with E-state index in [4.69, 9.17) is 4.74 Å². The molecule has 2 aromatic rings. The highest BCUT2D eigenvalue weighted by Gasteiger charge is 2.24. The van der Waals surface area contributed by atoms with Crippen LogP contribution in [0, 0.1) is 13.8 Å². The van der Waals surface area contributed by atoms with E-state index in [1.54, 1.807) is 17.0 Å². The number of carbonyl (C=O) groups excluding carboxylic acids is 1. The largest absolute Gasteiger partial charge is 0.445 e. The van der Waals surface area contributed by atoms with Gasteiger partial charge >= 0.3 is 6.09 Å². The van der Waals surface area contributed by atoms with Gasteiger partial charge in [0.05, 0.1) is 0 Å². The lowest BCUT2D eigenvalue weighted by Gasteiger charge is -2.28. The van der Waals surface area contributed by atoms with Crippen molar-refractivity contribution >= 4 is 6.09 Å². The van der Waals surface area contributed by atoms with Crippen LogP contribution in [0.15, 0.2) is 30.6 Å². The molecule has 1 aliphatic heterocycles. The molecule has 0 N–H and O–H groups in total. The second-order valence-electron chi connectivity index (χ2n) is 7.05. The Kier molecular flexibility index (Phi) is 5.23. The number of rotatable bonds is 3. The summed E-state index contributed by atoms with van der Waals surface area (Å²) in [6.07, 6.45) is 4.83. The minimum absolute atomic E-state index is 0.00466. The van der Waals surface area contributed by atoms with Crippen molar-refractivity contribution in [3.8, 4) is 0 Å². The Labute approximate surface area is 149 Å². The van der Waals surface area contributed by atoms with Crippen molar-refractivity contribution in [2.45, 2.75) is 45.6 Å². The van der Waals surface area contributed by atoms with Crippen LogP contribution in [0.1, 0.15) is 48.2 Å². The lowest BCUT2D eigenvalue weighted by molar-refractivity contribution is 0.0575. The Balaban J connectivity index is 1.78. The predicted molar refractivity (Wildman–Crippen MR) is 98.1 cm³/mol. The van der Waals surface area contributed by atoms with Crippen LogP contribution >= 0.6 is 0 Å². The van der Waals surface area contributed by atoms with Crippen molar-refractivity contribution in [3.05, 3.63) is 53.1 Å². The third kappa shape index (κ3) is 3.76. The van der Waals surface area contributed by atoms with E-state index >= 15 is 0 Å². The third-order valence-corrected chi connectivity index (χ3v) is 5.30. The van der Waals surface area contributed by atoms with Crippen LogP contribution in [0.25, 0.3) is 0 Å². The van der Waals surface area contributed by atoms with Crippen LogP contribution in [0.5, 0.6) is 0 Å². The lowest BCUT2D eigenvalue weighted by Crippen LogP contribution is -2.36. The first-order chi connectivity index (χ1) is 12.0. The molecule has 2 heterocycles. The van der Waals surface area contributed by atoms with Crippen molar-refractivity contribution in [2.75, 3.05) is 20.1 Å². The molecule has 134 valence electrons. The SMILES string of the molecule is Cc1cccc([C@H](C)c2nccn2C(=O)OC2CCN(C)CC2)c1C. The molecule has 0 bridgehead atoms. The molecule has 1 aromatic carbocycles. The molecule has 5 heteroatoms. The smallest absolute Gasteiger partial charge is 0.419 e. The van der Waals surface area contributed by atoms with Gasteiger partial charge in [-0.05, 0) is 50.4 Å². The molecule has 0 radical (unpaired) electrons. The zero-order valence-corrected chi connectivity index (χ0v) is 15.5. The monoisotopic (exact) mass is 341 g/mol. The van der Waals surface area contributed by atoms with Crippen LogP contribution in [-0.2, 0) is 4.74 Å². The number of ether oxygens (including phenoxy) is 1. The number of piperidine rings is 1. The number of benzene rings is 1. The van der Waals surface area contributed by atoms with Crippen molar-refractivity contribution in [2.24, 2.45) is 0 Å². The Morgan fingerprint density at radius 2 is 2.00 bits per heavy atom. The van der Waals surface area contributed by atoms with E-state index in [2.05, 4.69) is 55.9 Å². The molecule has 1 aliphatic rings. The summed E-state index contributed by atoms with van der Waals surface area (Å²) in [7, 11) is 2.10. The summed E-state index contributed by atoms with van der Waals surface area (Å²) in [4.78, 5) is 19.4. The fraction of sp³-hybridized carbons (Fsp3) is 0.500. The second-order valence-corrected chi connectivity index (χ2v) is 7.05. The number of likely N-dealkylation sites (tertiary alicyclic amines) is 1. The van der Waals surface area contributed by atoms with Gasteiger partial charge in [0, 0.05) is 31.4 Å². The van der Waals surface area contributed by atoms with Crippen molar-refractivity contribution in [1.29, 1.82) is 0 Å². The molecule has 0 unspecified atom stereocenters. The Hall–Kier alpha value is -2.14. The second kappa shape index (κ2) is 7.40.